The average molecular weight is 291 g/mol. The van der Waals surface area contributed by atoms with E-state index in [0.29, 0.717) is 6.54 Å². The van der Waals surface area contributed by atoms with E-state index in [4.69, 9.17) is 0 Å². The van der Waals surface area contributed by atoms with Gasteiger partial charge in [0.05, 0.1) is 17.4 Å². The molecule has 22 heavy (non-hydrogen) atoms. The second kappa shape index (κ2) is 4.98. The van der Waals surface area contributed by atoms with Gasteiger partial charge in [0.15, 0.2) is 0 Å². The lowest BCUT2D eigenvalue weighted by Crippen LogP contribution is -2.37. The predicted octanol–water partition coefficient (Wildman–Crippen LogP) is 3.01. The number of fused-ring (bicyclic) bond motifs is 2. The molecule has 0 unspecified atom stereocenters. The van der Waals surface area contributed by atoms with E-state index in [1.54, 1.807) is 6.33 Å². The predicted molar refractivity (Wildman–Crippen MR) is 86.8 cm³/mol. The van der Waals surface area contributed by atoms with Gasteiger partial charge in [-0.3, -0.25) is 4.79 Å². The monoisotopic (exact) mass is 291 g/mol. The van der Waals surface area contributed by atoms with Crippen LogP contribution in [0.3, 0.4) is 0 Å². The van der Waals surface area contributed by atoms with Crippen LogP contribution in [0.5, 0.6) is 0 Å². The van der Waals surface area contributed by atoms with Crippen molar-refractivity contribution in [2.45, 2.75) is 25.9 Å². The summed E-state index contributed by atoms with van der Waals surface area (Å²) in [7, 11) is 0. The van der Waals surface area contributed by atoms with Crippen molar-refractivity contribution >= 4 is 22.6 Å². The summed E-state index contributed by atoms with van der Waals surface area (Å²) in [5.74, 6) is 0.112. The highest BCUT2D eigenvalue weighted by Crippen LogP contribution is 2.32. The number of carbonyl (C=O) groups excluding carboxylic acids is 1. The summed E-state index contributed by atoms with van der Waals surface area (Å²) in [5.41, 5.74) is 4.21. The van der Waals surface area contributed by atoms with Crippen LogP contribution in [0.15, 0.2) is 54.9 Å². The first-order valence-electron chi connectivity index (χ1n) is 7.54. The number of hydrogen-bond donors (Lipinski definition) is 0. The lowest BCUT2D eigenvalue weighted by atomic mass is 10.1. The van der Waals surface area contributed by atoms with Gasteiger partial charge in [-0.05, 0) is 37.1 Å². The molecule has 1 aliphatic heterocycles. The van der Waals surface area contributed by atoms with Crippen molar-refractivity contribution in [3.8, 4) is 0 Å². The van der Waals surface area contributed by atoms with Gasteiger partial charge < -0.3 is 9.47 Å². The molecule has 0 spiro atoms. The van der Waals surface area contributed by atoms with E-state index < -0.39 is 0 Å². The van der Waals surface area contributed by atoms with Crippen molar-refractivity contribution in [3.05, 3.63) is 60.4 Å². The number of nitrogens with zero attached hydrogens (tertiary/aromatic N) is 3. The van der Waals surface area contributed by atoms with Crippen molar-refractivity contribution < 1.29 is 4.79 Å². The molecule has 2 heterocycles. The van der Waals surface area contributed by atoms with Gasteiger partial charge in [-0.1, -0.05) is 30.3 Å². The molecule has 0 N–H and O–H groups in total. The molecule has 4 heteroatoms. The fourth-order valence-corrected chi connectivity index (χ4v) is 3.30. The third-order valence-electron chi connectivity index (χ3n) is 4.31. The van der Waals surface area contributed by atoms with Gasteiger partial charge in [-0.2, -0.15) is 0 Å². The fourth-order valence-electron chi connectivity index (χ4n) is 3.30. The van der Waals surface area contributed by atoms with Crippen molar-refractivity contribution in [1.29, 1.82) is 0 Å². The van der Waals surface area contributed by atoms with Crippen LogP contribution in [-0.4, -0.2) is 21.5 Å². The van der Waals surface area contributed by atoms with E-state index in [0.717, 1.165) is 23.1 Å². The SMILES string of the molecule is C[C@@H]1Cc2ccccc2N1C(=O)Cn1cnc2ccccc21. The van der Waals surface area contributed by atoms with Crippen molar-refractivity contribution in [2.24, 2.45) is 0 Å². The molecule has 4 nitrogen and oxygen atoms in total. The molecule has 4 rings (SSSR count). The number of anilines is 1. The van der Waals surface area contributed by atoms with Gasteiger partial charge in [0.1, 0.15) is 6.54 Å². The minimum absolute atomic E-state index is 0.112. The topological polar surface area (TPSA) is 38.1 Å². The third kappa shape index (κ3) is 1.99. The number of benzene rings is 2. The van der Waals surface area contributed by atoms with E-state index in [1.807, 2.05) is 51.9 Å². The maximum absolute atomic E-state index is 12.8. The highest BCUT2D eigenvalue weighted by molar-refractivity contribution is 5.96. The summed E-state index contributed by atoms with van der Waals surface area (Å²) in [6.07, 6.45) is 2.67. The van der Waals surface area contributed by atoms with E-state index in [-0.39, 0.29) is 11.9 Å². The molecular formula is C18H17N3O. The van der Waals surface area contributed by atoms with Crippen LogP contribution in [0.2, 0.25) is 0 Å². The molecule has 3 aromatic rings. The number of amides is 1. The van der Waals surface area contributed by atoms with Crippen LogP contribution in [0.4, 0.5) is 5.69 Å². The van der Waals surface area contributed by atoms with Crippen LogP contribution in [0, 0.1) is 0 Å². The smallest absolute Gasteiger partial charge is 0.247 e. The Balaban J connectivity index is 1.65. The Morgan fingerprint density at radius 1 is 1.18 bits per heavy atom. The maximum Gasteiger partial charge on any atom is 0.247 e. The number of aromatic nitrogens is 2. The highest BCUT2D eigenvalue weighted by Gasteiger charge is 2.30. The zero-order valence-electron chi connectivity index (χ0n) is 12.4. The average Bonchev–Trinajstić information content (AvgIpc) is 3.07. The number of rotatable bonds is 2. The Hall–Kier alpha value is -2.62. The molecule has 0 fully saturated rings. The third-order valence-corrected chi connectivity index (χ3v) is 4.31. The van der Waals surface area contributed by atoms with Crippen LogP contribution in [0.25, 0.3) is 11.0 Å². The largest absolute Gasteiger partial charge is 0.321 e. The summed E-state index contributed by atoms with van der Waals surface area (Å²) < 4.78 is 1.92. The Bertz CT molecular complexity index is 852. The number of hydrogen-bond acceptors (Lipinski definition) is 2. The lowest BCUT2D eigenvalue weighted by Gasteiger charge is -2.23. The van der Waals surface area contributed by atoms with E-state index >= 15 is 0 Å². The summed E-state index contributed by atoms with van der Waals surface area (Å²) in [5, 5.41) is 0. The molecule has 1 atom stereocenters. The summed E-state index contributed by atoms with van der Waals surface area (Å²) >= 11 is 0. The van der Waals surface area contributed by atoms with E-state index in [9.17, 15) is 4.79 Å². The van der Waals surface area contributed by atoms with Gasteiger partial charge in [-0.25, -0.2) is 4.98 Å². The standard InChI is InChI=1S/C18H17N3O/c1-13-10-14-6-2-4-8-16(14)21(13)18(22)11-20-12-19-15-7-3-5-9-17(15)20/h2-9,12-13H,10-11H2,1H3/t13-/m1/s1. The molecule has 0 radical (unpaired) electrons. The number of imidazole rings is 1. The molecule has 2 aromatic carbocycles. The molecule has 0 saturated heterocycles. The van der Waals surface area contributed by atoms with Gasteiger partial charge in [0.2, 0.25) is 5.91 Å². The number of para-hydroxylation sites is 3. The van der Waals surface area contributed by atoms with Crippen molar-refractivity contribution in [1.82, 2.24) is 9.55 Å². The maximum atomic E-state index is 12.8. The Labute approximate surface area is 129 Å². The fraction of sp³-hybridized carbons (Fsp3) is 0.222. The summed E-state index contributed by atoms with van der Waals surface area (Å²) in [4.78, 5) is 19.1. The minimum atomic E-state index is 0.112. The summed E-state index contributed by atoms with van der Waals surface area (Å²) in [6, 6.07) is 16.3. The second-order valence-electron chi connectivity index (χ2n) is 5.81. The second-order valence-corrected chi connectivity index (χ2v) is 5.81. The molecule has 0 aliphatic carbocycles. The van der Waals surface area contributed by atoms with E-state index in [2.05, 4.69) is 18.0 Å². The lowest BCUT2D eigenvalue weighted by molar-refractivity contribution is -0.119. The molecule has 1 aliphatic rings. The molecule has 0 bridgehead atoms. The van der Waals surface area contributed by atoms with Crippen LogP contribution < -0.4 is 4.90 Å². The van der Waals surface area contributed by atoms with Crippen LogP contribution >= 0.6 is 0 Å². The van der Waals surface area contributed by atoms with Gasteiger partial charge >= 0.3 is 0 Å². The quantitative estimate of drug-likeness (QED) is 0.728. The van der Waals surface area contributed by atoms with Crippen LogP contribution in [-0.2, 0) is 17.8 Å². The van der Waals surface area contributed by atoms with Crippen LogP contribution in [0.1, 0.15) is 12.5 Å². The number of carbonyl (C=O) groups is 1. The zero-order valence-corrected chi connectivity index (χ0v) is 12.4. The van der Waals surface area contributed by atoms with Crippen molar-refractivity contribution in [2.75, 3.05) is 4.90 Å². The molecule has 110 valence electrons. The van der Waals surface area contributed by atoms with Crippen molar-refractivity contribution in [3.63, 3.8) is 0 Å². The Kier molecular flexibility index (Phi) is 2.96. The zero-order chi connectivity index (χ0) is 15.1. The first kappa shape index (κ1) is 13.1. The molecular weight excluding hydrogens is 274 g/mol. The first-order valence-corrected chi connectivity index (χ1v) is 7.54. The minimum Gasteiger partial charge on any atom is -0.321 e. The van der Waals surface area contributed by atoms with Gasteiger partial charge in [0, 0.05) is 11.7 Å². The van der Waals surface area contributed by atoms with Gasteiger partial charge in [0.25, 0.3) is 0 Å². The normalized spacial score (nSPS) is 17.0. The Morgan fingerprint density at radius 3 is 2.86 bits per heavy atom. The summed E-state index contributed by atoms with van der Waals surface area (Å²) in [6.45, 7) is 2.42. The molecule has 1 aromatic heterocycles. The van der Waals surface area contributed by atoms with Gasteiger partial charge in [-0.15, -0.1) is 0 Å². The molecule has 0 saturated carbocycles. The highest BCUT2D eigenvalue weighted by atomic mass is 16.2. The Morgan fingerprint density at radius 2 is 1.95 bits per heavy atom. The molecule has 1 amide bonds. The first-order chi connectivity index (χ1) is 10.7. The van der Waals surface area contributed by atoms with E-state index in [1.165, 1.54) is 5.56 Å².